The summed E-state index contributed by atoms with van der Waals surface area (Å²) in [6.45, 7) is 1.83. The van der Waals surface area contributed by atoms with Crippen LogP contribution in [-0.2, 0) is 11.3 Å². The second-order valence-corrected chi connectivity index (χ2v) is 7.75. The van der Waals surface area contributed by atoms with Gasteiger partial charge >= 0.3 is 0 Å². The fourth-order valence-corrected chi connectivity index (χ4v) is 3.79. The minimum Gasteiger partial charge on any atom is -0.352 e. The van der Waals surface area contributed by atoms with E-state index in [0.717, 1.165) is 27.8 Å². The van der Waals surface area contributed by atoms with Crippen molar-refractivity contribution in [2.45, 2.75) is 19.4 Å². The molecule has 0 atom stereocenters. The van der Waals surface area contributed by atoms with Gasteiger partial charge in [0, 0.05) is 30.0 Å². The molecule has 2 aromatic rings. The smallest absolute Gasteiger partial charge is 0.263 e. The fourth-order valence-electron chi connectivity index (χ4n) is 2.84. The molecule has 0 unspecified atom stereocenters. The summed E-state index contributed by atoms with van der Waals surface area (Å²) in [5.41, 5.74) is 1.08. The predicted molar refractivity (Wildman–Crippen MR) is 98.9 cm³/mol. The molecule has 126 valence electrons. The maximum atomic E-state index is 12.3. The first-order valence-corrected chi connectivity index (χ1v) is 9.65. The van der Waals surface area contributed by atoms with E-state index in [1.807, 2.05) is 46.7 Å². The number of hydrogen-bond acceptors (Lipinski definition) is 3. The van der Waals surface area contributed by atoms with Gasteiger partial charge in [-0.15, -0.1) is 11.3 Å². The number of piperidine rings is 1. The second kappa shape index (κ2) is 7.94. The van der Waals surface area contributed by atoms with Gasteiger partial charge in [-0.05, 0) is 42.0 Å². The average Bonchev–Trinajstić information content (AvgIpc) is 3.15. The molecular formula is C18H19BrN2O2S. The molecular weight excluding hydrogens is 388 g/mol. The first-order chi connectivity index (χ1) is 11.6. The van der Waals surface area contributed by atoms with Gasteiger partial charge in [0.2, 0.25) is 5.91 Å². The number of hydrogen-bond donors (Lipinski definition) is 1. The molecule has 6 heteroatoms. The molecule has 0 bridgehead atoms. The van der Waals surface area contributed by atoms with Crippen molar-refractivity contribution in [1.82, 2.24) is 10.2 Å². The van der Waals surface area contributed by atoms with Gasteiger partial charge in [0.1, 0.15) is 0 Å². The highest BCUT2D eigenvalue weighted by molar-refractivity contribution is 9.10. The zero-order valence-corrected chi connectivity index (χ0v) is 15.6. The van der Waals surface area contributed by atoms with Crippen LogP contribution < -0.4 is 5.32 Å². The van der Waals surface area contributed by atoms with Crippen molar-refractivity contribution in [3.8, 4) is 0 Å². The number of rotatable bonds is 4. The van der Waals surface area contributed by atoms with Gasteiger partial charge in [-0.25, -0.2) is 0 Å². The largest absolute Gasteiger partial charge is 0.352 e. The Morgan fingerprint density at radius 3 is 2.50 bits per heavy atom. The third-order valence-corrected chi connectivity index (χ3v) is 5.65. The van der Waals surface area contributed by atoms with Gasteiger partial charge in [0.15, 0.2) is 0 Å². The molecule has 0 radical (unpaired) electrons. The quantitative estimate of drug-likeness (QED) is 0.841. The van der Waals surface area contributed by atoms with E-state index in [2.05, 4.69) is 21.2 Å². The number of carbonyl (C=O) groups is 2. The van der Waals surface area contributed by atoms with E-state index in [9.17, 15) is 9.59 Å². The van der Waals surface area contributed by atoms with Crippen LogP contribution in [0, 0.1) is 5.92 Å². The molecule has 4 nitrogen and oxygen atoms in total. The van der Waals surface area contributed by atoms with Gasteiger partial charge < -0.3 is 10.2 Å². The molecule has 1 fully saturated rings. The summed E-state index contributed by atoms with van der Waals surface area (Å²) in [7, 11) is 0. The van der Waals surface area contributed by atoms with Crippen LogP contribution in [0.25, 0.3) is 0 Å². The van der Waals surface area contributed by atoms with Gasteiger partial charge in [-0.2, -0.15) is 0 Å². The summed E-state index contributed by atoms with van der Waals surface area (Å²) in [5.74, 6) is 0.160. The SMILES string of the molecule is O=C(NCc1ccc(Br)cc1)C1CCN(C(=O)c2cccs2)CC1. The van der Waals surface area contributed by atoms with E-state index in [4.69, 9.17) is 0 Å². The number of carbonyl (C=O) groups excluding carboxylic acids is 2. The van der Waals surface area contributed by atoms with Crippen molar-refractivity contribution < 1.29 is 9.59 Å². The van der Waals surface area contributed by atoms with Gasteiger partial charge in [0.25, 0.3) is 5.91 Å². The lowest BCUT2D eigenvalue weighted by molar-refractivity contribution is -0.126. The van der Waals surface area contributed by atoms with Gasteiger partial charge in [-0.1, -0.05) is 34.1 Å². The first kappa shape index (κ1) is 17.2. The second-order valence-electron chi connectivity index (χ2n) is 5.89. The highest BCUT2D eigenvalue weighted by Crippen LogP contribution is 2.21. The molecule has 2 amide bonds. The lowest BCUT2D eigenvalue weighted by Crippen LogP contribution is -2.42. The molecule has 1 N–H and O–H groups in total. The number of thiophene rings is 1. The third-order valence-electron chi connectivity index (χ3n) is 4.26. The summed E-state index contributed by atoms with van der Waals surface area (Å²) in [6.07, 6.45) is 1.45. The lowest BCUT2D eigenvalue weighted by atomic mass is 9.95. The molecule has 2 heterocycles. The zero-order chi connectivity index (χ0) is 16.9. The fraction of sp³-hybridized carbons (Fsp3) is 0.333. The van der Waals surface area contributed by atoms with Crippen molar-refractivity contribution >= 4 is 39.1 Å². The van der Waals surface area contributed by atoms with Gasteiger partial charge in [0.05, 0.1) is 4.88 Å². The maximum absolute atomic E-state index is 12.3. The Morgan fingerprint density at radius 1 is 1.17 bits per heavy atom. The number of amides is 2. The normalized spacial score (nSPS) is 15.3. The molecule has 0 spiro atoms. The van der Waals surface area contributed by atoms with Crippen molar-refractivity contribution in [3.05, 3.63) is 56.7 Å². The molecule has 1 aromatic carbocycles. The molecule has 1 aliphatic rings. The highest BCUT2D eigenvalue weighted by atomic mass is 79.9. The molecule has 24 heavy (non-hydrogen) atoms. The van der Waals surface area contributed by atoms with Crippen LogP contribution >= 0.6 is 27.3 Å². The molecule has 1 aromatic heterocycles. The molecule has 0 saturated carbocycles. The minimum atomic E-state index is -0.00664. The Hall–Kier alpha value is -1.66. The Balaban J connectivity index is 1.46. The maximum Gasteiger partial charge on any atom is 0.263 e. The van der Waals surface area contributed by atoms with E-state index in [0.29, 0.717) is 19.6 Å². The van der Waals surface area contributed by atoms with Crippen LogP contribution in [0.2, 0.25) is 0 Å². The predicted octanol–water partition coefficient (Wildman–Crippen LogP) is 3.68. The molecule has 1 saturated heterocycles. The third kappa shape index (κ3) is 4.24. The van der Waals surface area contributed by atoms with Crippen LogP contribution in [0.4, 0.5) is 0 Å². The first-order valence-electron chi connectivity index (χ1n) is 7.98. The summed E-state index contributed by atoms with van der Waals surface area (Å²) in [6, 6.07) is 11.7. The van der Waals surface area contributed by atoms with Crippen molar-refractivity contribution in [2.75, 3.05) is 13.1 Å². The van der Waals surface area contributed by atoms with E-state index in [1.54, 1.807) is 0 Å². The van der Waals surface area contributed by atoms with E-state index in [-0.39, 0.29) is 17.7 Å². The Labute approximate surface area is 154 Å². The topological polar surface area (TPSA) is 49.4 Å². The molecule has 3 rings (SSSR count). The number of nitrogens with one attached hydrogen (secondary N) is 1. The Bertz CT molecular complexity index is 692. The van der Waals surface area contributed by atoms with Crippen LogP contribution in [0.1, 0.15) is 28.1 Å². The lowest BCUT2D eigenvalue weighted by Gasteiger charge is -2.31. The molecule has 1 aliphatic heterocycles. The number of likely N-dealkylation sites (tertiary alicyclic amines) is 1. The van der Waals surface area contributed by atoms with Gasteiger partial charge in [-0.3, -0.25) is 9.59 Å². The summed E-state index contributed by atoms with van der Waals surface area (Å²) < 4.78 is 1.03. The summed E-state index contributed by atoms with van der Waals surface area (Å²) in [4.78, 5) is 27.3. The summed E-state index contributed by atoms with van der Waals surface area (Å²) >= 11 is 4.87. The van der Waals surface area contributed by atoms with E-state index >= 15 is 0 Å². The Kier molecular flexibility index (Phi) is 5.68. The van der Waals surface area contributed by atoms with Crippen molar-refractivity contribution in [2.24, 2.45) is 5.92 Å². The zero-order valence-electron chi connectivity index (χ0n) is 13.2. The van der Waals surface area contributed by atoms with E-state index < -0.39 is 0 Å². The highest BCUT2D eigenvalue weighted by Gasteiger charge is 2.27. The number of halogens is 1. The Morgan fingerprint density at radius 2 is 1.88 bits per heavy atom. The average molecular weight is 407 g/mol. The number of benzene rings is 1. The van der Waals surface area contributed by atoms with Crippen LogP contribution in [0.5, 0.6) is 0 Å². The summed E-state index contributed by atoms with van der Waals surface area (Å²) in [5, 5.41) is 4.92. The van der Waals surface area contributed by atoms with Crippen molar-refractivity contribution in [1.29, 1.82) is 0 Å². The van der Waals surface area contributed by atoms with Crippen LogP contribution in [0.15, 0.2) is 46.3 Å². The standard InChI is InChI=1S/C18H19BrN2O2S/c19-15-5-3-13(4-6-15)12-20-17(22)14-7-9-21(10-8-14)18(23)16-2-1-11-24-16/h1-6,11,14H,7-10,12H2,(H,20,22). The number of nitrogens with zero attached hydrogens (tertiary/aromatic N) is 1. The minimum absolute atomic E-state index is 0.00664. The van der Waals surface area contributed by atoms with Crippen molar-refractivity contribution in [3.63, 3.8) is 0 Å². The molecule has 0 aliphatic carbocycles. The monoisotopic (exact) mass is 406 g/mol. The van der Waals surface area contributed by atoms with Crippen LogP contribution in [0.3, 0.4) is 0 Å². The van der Waals surface area contributed by atoms with Crippen LogP contribution in [-0.4, -0.2) is 29.8 Å². The van der Waals surface area contributed by atoms with E-state index in [1.165, 1.54) is 11.3 Å².